The molecule has 6 heteroatoms. The number of likely N-dealkylation sites (tertiary alicyclic amines) is 1. The first-order valence-electron chi connectivity index (χ1n) is 6.40. The molecule has 0 saturated carbocycles. The summed E-state index contributed by atoms with van der Waals surface area (Å²) in [7, 11) is 0. The maximum atomic E-state index is 11.8. The molecule has 100 valence electrons. The topological polar surface area (TPSA) is 66.9 Å². The van der Waals surface area contributed by atoms with E-state index >= 15 is 0 Å². The van der Waals surface area contributed by atoms with E-state index in [1.54, 1.807) is 4.90 Å². The van der Waals surface area contributed by atoms with Gasteiger partial charge in [0.15, 0.2) is 6.61 Å². The third-order valence-electron chi connectivity index (χ3n) is 3.41. The highest BCUT2D eigenvalue weighted by Crippen LogP contribution is 2.20. The number of imide groups is 1. The molecule has 18 heavy (non-hydrogen) atoms. The Kier molecular flexibility index (Phi) is 3.84. The normalized spacial score (nSPS) is 23.7. The summed E-state index contributed by atoms with van der Waals surface area (Å²) in [5, 5.41) is 0. The van der Waals surface area contributed by atoms with Crippen LogP contribution in [0.3, 0.4) is 0 Å². The van der Waals surface area contributed by atoms with Gasteiger partial charge in [0.25, 0.3) is 5.91 Å². The first-order chi connectivity index (χ1) is 8.63. The van der Waals surface area contributed by atoms with E-state index < -0.39 is 6.09 Å². The SMILES string of the molecule is CCCCC(=O)N1CCC(N2C(=O)COC2=O)C1. The van der Waals surface area contributed by atoms with Crippen molar-refractivity contribution in [2.24, 2.45) is 0 Å². The third-order valence-corrected chi connectivity index (χ3v) is 3.41. The van der Waals surface area contributed by atoms with E-state index in [9.17, 15) is 14.4 Å². The van der Waals surface area contributed by atoms with Gasteiger partial charge < -0.3 is 9.64 Å². The summed E-state index contributed by atoms with van der Waals surface area (Å²) >= 11 is 0. The molecule has 0 aliphatic carbocycles. The van der Waals surface area contributed by atoms with E-state index in [1.165, 1.54) is 0 Å². The maximum absolute atomic E-state index is 11.8. The molecule has 0 N–H and O–H groups in total. The lowest BCUT2D eigenvalue weighted by Gasteiger charge is -2.20. The quantitative estimate of drug-likeness (QED) is 0.742. The van der Waals surface area contributed by atoms with Crippen molar-refractivity contribution >= 4 is 17.9 Å². The largest absolute Gasteiger partial charge is 0.439 e. The zero-order valence-corrected chi connectivity index (χ0v) is 10.6. The van der Waals surface area contributed by atoms with Gasteiger partial charge in [0.05, 0.1) is 6.04 Å². The van der Waals surface area contributed by atoms with Crippen molar-refractivity contribution in [2.45, 2.75) is 38.6 Å². The molecule has 0 aromatic carbocycles. The van der Waals surface area contributed by atoms with Gasteiger partial charge in [-0.2, -0.15) is 0 Å². The van der Waals surface area contributed by atoms with Crippen molar-refractivity contribution in [2.75, 3.05) is 19.7 Å². The van der Waals surface area contributed by atoms with Gasteiger partial charge in [-0.3, -0.25) is 9.59 Å². The Morgan fingerprint density at radius 3 is 2.83 bits per heavy atom. The summed E-state index contributed by atoms with van der Waals surface area (Å²) in [5.41, 5.74) is 0. The first-order valence-corrected chi connectivity index (χ1v) is 6.40. The second kappa shape index (κ2) is 5.37. The van der Waals surface area contributed by atoms with Gasteiger partial charge in [0.1, 0.15) is 0 Å². The van der Waals surface area contributed by atoms with Gasteiger partial charge in [-0.1, -0.05) is 13.3 Å². The molecule has 3 amide bonds. The minimum absolute atomic E-state index is 0.111. The van der Waals surface area contributed by atoms with E-state index in [-0.39, 0.29) is 24.5 Å². The van der Waals surface area contributed by atoms with Crippen LogP contribution in [0, 0.1) is 0 Å². The van der Waals surface area contributed by atoms with E-state index in [2.05, 4.69) is 4.74 Å². The summed E-state index contributed by atoms with van der Waals surface area (Å²) in [5.74, 6) is -0.188. The number of hydrogen-bond acceptors (Lipinski definition) is 4. The standard InChI is InChI=1S/C12H18N2O4/c1-2-3-4-10(15)13-6-5-9(7-13)14-11(16)8-18-12(14)17/h9H,2-8H2,1H3. The van der Waals surface area contributed by atoms with Crippen molar-refractivity contribution in [1.82, 2.24) is 9.80 Å². The van der Waals surface area contributed by atoms with Crippen molar-refractivity contribution in [3.8, 4) is 0 Å². The predicted octanol–water partition coefficient (Wildman–Crippen LogP) is 0.756. The molecule has 2 aliphatic heterocycles. The molecule has 0 spiro atoms. The van der Waals surface area contributed by atoms with Crippen molar-refractivity contribution in [3.05, 3.63) is 0 Å². The van der Waals surface area contributed by atoms with Crippen LogP contribution in [-0.4, -0.2) is 53.4 Å². The molecule has 0 radical (unpaired) electrons. The number of carbonyl (C=O) groups excluding carboxylic acids is 3. The number of cyclic esters (lactones) is 1. The van der Waals surface area contributed by atoms with Crippen LogP contribution in [0.2, 0.25) is 0 Å². The summed E-state index contributed by atoms with van der Waals surface area (Å²) in [6, 6.07) is -0.210. The predicted molar refractivity (Wildman–Crippen MR) is 62.7 cm³/mol. The highest BCUT2D eigenvalue weighted by Gasteiger charge is 2.40. The Bertz CT molecular complexity index is 353. The lowest BCUT2D eigenvalue weighted by Crippen LogP contribution is -2.41. The van der Waals surface area contributed by atoms with E-state index in [0.29, 0.717) is 25.9 Å². The minimum Gasteiger partial charge on any atom is -0.439 e. The molecule has 2 fully saturated rings. The van der Waals surface area contributed by atoms with E-state index in [4.69, 9.17) is 0 Å². The lowest BCUT2D eigenvalue weighted by molar-refractivity contribution is -0.131. The first kappa shape index (κ1) is 12.9. The number of hydrogen-bond donors (Lipinski definition) is 0. The third kappa shape index (κ3) is 2.47. The van der Waals surface area contributed by atoms with Gasteiger partial charge in [0, 0.05) is 19.5 Å². The Hall–Kier alpha value is -1.59. The molecule has 2 heterocycles. The molecule has 2 rings (SSSR count). The Morgan fingerprint density at radius 2 is 2.22 bits per heavy atom. The molecule has 1 atom stereocenters. The second-order valence-electron chi connectivity index (χ2n) is 4.70. The van der Waals surface area contributed by atoms with Gasteiger partial charge >= 0.3 is 6.09 Å². The summed E-state index contributed by atoms with van der Waals surface area (Å²) in [6.07, 6.45) is 2.48. The zero-order chi connectivity index (χ0) is 13.1. The number of nitrogens with zero attached hydrogens (tertiary/aromatic N) is 2. The van der Waals surface area contributed by atoms with E-state index in [1.807, 2.05) is 6.92 Å². The monoisotopic (exact) mass is 254 g/mol. The fourth-order valence-corrected chi connectivity index (χ4v) is 2.38. The van der Waals surface area contributed by atoms with Crippen LogP contribution in [0.4, 0.5) is 4.79 Å². The van der Waals surface area contributed by atoms with Gasteiger partial charge in [-0.25, -0.2) is 9.69 Å². The molecule has 6 nitrogen and oxygen atoms in total. The molecule has 1 unspecified atom stereocenters. The minimum atomic E-state index is -0.576. The zero-order valence-electron chi connectivity index (χ0n) is 10.6. The van der Waals surface area contributed by atoms with Crippen molar-refractivity contribution in [1.29, 1.82) is 0 Å². The second-order valence-corrected chi connectivity index (χ2v) is 4.70. The number of carbonyl (C=O) groups is 3. The molecule has 0 aromatic rings. The van der Waals surface area contributed by atoms with Crippen LogP contribution >= 0.6 is 0 Å². The molecule has 0 bridgehead atoms. The fourth-order valence-electron chi connectivity index (χ4n) is 2.38. The van der Waals surface area contributed by atoms with Crippen LogP contribution in [0.1, 0.15) is 32.6 Å². The fraction of sp³-hybridized carbons (Fsp3) is 0.750. The van der Waals surface area contributed by atoms with Crippen LogP contribution < -0.4 is 0 Å². The van der Waals surface area contributed by atoms with Gasteiger partial charge in [-0.05, 0) is 12.8 Å². The average Bonchev–Trinajstić information content (AvgIpc) is 2.93. The molecule has 0 aromatic heterocycles. The highest BCUT2D eigenvalue weighted by molar-refractivity contribution is 5.98. The molecular formula is C12H18N2O4. The summed E-state index contributed by atoms with van der Waals surface area (Å²) in [6.45, 7) is 2.94. The number of ether oxygens (including phenoxy) is 1. The number of unbranched alkanes of at least 4 members (excludes halogenated alkanes) is 1. The van der Waals surface area contributed by atoms with Crippen LogP contribution in [0.25, 0.3) is 0 Å². The lowest BCUT2D eigenvalue weighted by atomic mass is 10.2. The number of amides is 3. The molecular weight excluding hydrogens is 236 g/mol. The van der Waals surface area contributed by atoms with Crippen LogP contribution in [0.15, 0.2) is 0 Å². The molecule has 2 saturated heterocycles. The smallest absolute Gasteiger partial charge is 0.417 e. The Balaban J connectivity index is 1.90. The van der Waals surface area contributed by atoms with Gasteiger partial charge in [-0.15, -0.1) is 0 Å². The summed E-state index contributed by atoms with van der Waals surface area (Å²) in [4.78, 5) is 37.6. The average molecular weight is 254 g/mol. The summed E-state index contributed by atoms with van der Waals surface area (Å²) < 4.78 is 4.68. The highest BCUT2D eigenvalue weighted by atomic mass is 16.6. The van der Waals surface area contributed by atoms with Gasteiger partial charge in [0.2, 0.25) is 5.91 Å². The van der Waals surface area contributed by atoms with E-state index in [0.717, 1.165) is 17.7 Å². The van der Waals surface area contributed by atoms with Crippen molar-refractivity contribution in [3.63, 3.8) is 0 Å². The Morgan fingerprint density at radius 1 is 1.44 bits per heavy atom. The molecule has 2 aliphatic rings. The number of rotatable bonds is 4. The van der Waals surface area contributed by atoms with Crippen LogP contribution in [0.5, 0.6) is 0 Å². The maximum Gasteiger partial charge on any atom is 0.417 e. The Labute approximate surface area is 106 Å². The van der Waals surface area contributed by atoms with Crippen molar-refractivity contribution < 1.29 is 19.1 Å². The van der Waals surface area contributed by atoms with Crippen LogP contribution in [-0.2, 0) is 14.3 Å².